The van der Waals surface area contributed by atoms with Crippen molar-refractivity contribution < 1.29 is 19.0 Å². The van der Waals surface area contributed by atoms with Crippen molar-refractivity contribution in [2.24, 2.45) is 4.99 Å². The Kier molecular flexibility index (Phi) is 3.18. The predicted octanol–water partition coefficient (Wildman–Crippen LogP) is 2.18. The Morgan fingerprint density at radius 1 is 1.35 bits per heavy atom. The van der Waals surface area contributed by atoms with Gasteiger partial charge in [0.25, 0.3) is 0 Å². The average Bonchev–Trinajstić information content (AvgIpc) is 2.84. The van der Waals surface area contributed by atoms with Gasteiger partial charge in [-0.25, -0.2) is 4.79 Å². The van der Waals surface area contributed by atoms with Crippen LogP contribution in [0.4, 0.5) is 0 Å². The second kappa shape index (κ2) is 5.00. The van der Waals surface area contributed by atoms with E-state index in [9.17, 15) is 4.79 Å². The van der Waals surface area contributed by atoms with Crippen LogP contribution < -0.4 is 9.47 Å². The highest BCUT2D eigenvalue weighted by molar-refractivity contribution is 6.07. The molecule has 0 unspecified atom stereocenters. The molecule has 0 atom stereocenters. The first kappa shape index (κ1) is 12.7. The highest BCUT2D eigenvalue weighted by Crippen LogP contribution is 2.37. The number of rotatable bonds is 2. The maximum Gasteiger partial charge on any atom is 0.335 e. The molecule has 0 spiro atoms. The van der Waals surface area contributed by atoms with E-state index in [1.165, 1.54) is 7.11 Å². The number of hydrogen-bond acceptors (Lipinski definition) is 5. The van der Waals surface area contributed by atoms with E-state index in [1.807, 2.05) is 25.1 Å². The van der Waals surface area contributed by atoms with Crippen molar-refractivity contribution in [2.75, 3.05) is 20.4 Å². The molecule has 104 valence electrons. The summed E-state index contributed by atoms with van der Waals surface area (Å²) in [6, 6.07) is 3.81. The summed E-state index contributed by atoms with van der Waals surface area (Å²) in [4.78, 5) is 16.3. The summed E-state index contributed by atoms with van der Waals surface area (Å²) < 4.78 is 15.6. The van der Waals surface area contributed by atoms with Crippen molar-refractivity contribution in [1.82, 2.24) is 0 Å². The number of ether oxygens (including phenoxy) is 3. The fourth-order valence-corrected chi connectivity index (χ4v) is 2.38. The SMILES string of the molecule is CCC1=NCC(C(=O)OC)=Cc2cc3c(cc21)OCO3. The summed E-state index contributed by atoms with van der Waals surface area (Å²) >= 11 is 0. The first-order valence-corrected chi connectivity index (χ1v) is 6.49. The van der Waals surface area contributed by atoms with E-state index >= 15 is 0 Å². The van der Waals surface area contributed by atoms with Crippen LogP contribution in [-0.2, 0) is 9.53 Å². The Morgan fingerprint density at radius 2 is 2.10 bits per heavy atom. The first-order valence-electron chi connectivity index (χ1n) is 6.49. The maximum atomic E-state index is 11.7. The zero-order valence-electron chi connectivity index (χ0n) is 11.4. The third-order valence-corrected chi connectivity index (χ3v) is 3.41. The van der Waals surface area contributed by atoms with Crippen LogP contribution in [0.5, 0.6) is 11.5 Å². The summed E-state index contributed by atoms with van der Waals surface area (Å²) in [5.41, 5.74) is 3.38. The zero-order chi connectivity index (χ0) is 14.1. The third kappa shape index (κ3) is 2.05. The maximum absolute atomic E-state index is 11.7. The summed E-state index contributed by atoms with van der Waals surface area (Å²) in [7, 11) is 1.37. The lowest BCUT2D eigenvalue weighted by molar-refractivity contribution is -0.136. The molecule has 0 amide bonds. The number of esters is 1. The minimum Gasteiger partial charge on any atom is -0.466 e. The Morgan fingerprint density at radius 3 is 2.80 bits per heavy atom. The molecule has 0 bridgehead atoms. The van der Waals surface area contributed by atoms with Crippen molar-refractivity contribution in [2.45, 2.75) is 13.3 Å². The van der Waals surface area contributed by atoms with Gasteiger partial charge in [0.2, 0.25) is 6.79 Å². The minimum atomic E-state index is -0.352. The molecule has 5 heteroatoms. The summed E-state index contributed by atoms with van der Waals surface area (Å²) in [6.45, 7) is 2.59. The van der Waals surface area contributed by atoms with E-state index in [2.05, 4.69) is 4.99 Å². The number of carbonyl (C=O) groups is 1. The molecule has 3 rings (SSSR count). The van der Waals surface area contributed by atoms with E-state index in [4.69, 9.17) is 14.2 Å². The number of benzene rings is 1. The molecule has 0 aromatic heterocycles. The van der Waals surface area contributed by atoms with E-state index in [-0.39, 0.29) is 12.8 Å². The van der Waals surface area contributed by atoms with Crippen molar-refractivity contribution >= 4 is 17.8 Å². The molecule has 2 heterocycles. The highest BCUT2D eigenvalue weighted by atomic mass is 16.7. The number of hydrogen-bond donors (Lipinski definition) is 0. The van der Waals surface area contributed by atoms with Crippen molar-refractivity contribution in [3.05, 3.63) is 28.8 Å². The summed E-state index contributed by atoms with van der Waals surface area (Å²) in [5, 5.41) is 0. The molecule has 20 heavy (non-hydrogen) atoms. The third-order valence-electron chi connectivity index (χ3n) is 3.41. The number of nitrogens with zero attached hydrogens (tertiary/aromatic N) is 1. The molecular weight excluding hydrogens is 258 g/mol. The zero-order valence-corrected chi connectivity index (χ0v) is 11.4. The topological polar surface area (TPSA) is 57.1 Å². The largest absolute Gasteiger partial charge is 0.466 e. The first-order chi connectivity index (χ1) is 9.72. The summed E-state index contributed by atoms with van der Waals surface area (Å²) in [5.74, 6) is 1.07. The molecule has 5 nitrogen and oxygen atoms in total. The summed E-state index contributed by atoms with van der Waals surface area (Å²) in [6.07, 6.45) is 2.60. The number of fused-ring (bicyclic) bond motifs is 2. The van der Waals surface area contributed by atoms with Gasteiger partial charge < -0.3 is 14.2 Å². The molecule has 0 fully saturated rings. The van der Waals surface area contributed by atoms with Crippen LogP contribution in [0, 0.1) is 0 Å². The molecule has 0 radical (unpaired) electrons. The molecule has 0 saturated heterocycles. The van der Waals surface area contributed by atoms with E-state index in [0.29, 0.717) is 17.9 Å². The van der Waals surface area contributed by atoms with Gasteiger partial charge in [0.1, 0.15) is 0 Å². The number of aliphatic imine (C=N–C) groups is 1. The van der Waals surface area contributed by atoms with E-state index < -0.39 is 0 Å². The quantitative estimate of drug-likeness (QED) is 0.775. The van der Waals surface area contributed by atoms with Crippen LogP contribution in [-0.4, -0.2) is 32.1 Å². The fraction of sp³-hybridized carbons (Fsp3) is 0.333. The van der Waals surface area contributed by atoms with Crippen LogP contribution in [0.2, 0.25) is 0 Å². The van der Waals surface area contributed by atoms with Crippen molar-refractivity contribution in [3.63, 3.8) is 0 Å². The standard InChI is InChI=1S/C15H15NO4/c1-3-12-11-6-14-13(19-8-20-14)5-9(11)4-10(7-16-12)15(17)18-2/h4-6H,3,7-8H2,1-2H3. The van der Waals surface area contributed by atoms with Crippen LogP contribution in [0.1, 0.15) is 24.5 Å². The van der Waals surface area contributed by atoms with Crippen molar-refractivity contribution in [3.8, 4) is 11.5 Å². The van der Waals surface area contributed by atoms with Crippen LogP contribution in [0.15, 0.2) is 22.7 Å². The van der Waals surface area contributed by atoms with Gasteiger partial charge in [-0.15, -0.1) is 0 Å². The van der Waals surface area contributed by atoms with Crippen LogP contribution in [0.25, 0.3) is 6.08 Å². The minimum absolute atomic E-state index is 0.227. The van der Waals surface area contributed by atoms with Gasteiger partial charge >= 0.3 is 5.97 Å². The normalized spacial score (nSPS) is 15.9. The lowest BCUT2D eigenvalue weighted by Gasteiger charge is -2.08. The highest BCUT2D eigenvalue weighted by Gasteiger charge is 2.22. The lowest BCUT2D eigenvalue weighted by atomic mass is 9.99. The van der Waals surface area contributed by atoms with Gasteiger partial charge in [0.15, 0.2) is 11.5 Å². The molecule has 1 aromatic carbocycles. The monoisotopic (exact) mass is 273 g/mol. The van der Waals surface area contributed by atoms with E-state index in [1.54, 1.807) is 0 Å². The molecule has 0 saturated carbocycles. The second-order valence-corrected chi connectivity index (χ2v) is 4.57. The lowest BCUT2D eigenvalue weighted by Crippen LogP contribution is -2.07. The molecule has 1 aromatic rings. The number of carbonyl (C=O) groups excluding carboxylic acids is 1. The predicted molar refractivity (Wildman–Crippen MR) is 74.3 cm³/mol. The van der Waals surface area contributed by atoms with Gasteiger partial charge in [-0.1, -0.05) is 6.92 Å². The fourth-order valence-electron chi connectivity index (χ4n) is 2.38. The smallest absolute Gasteiger partial charge is 0.335 e. The average molecular weight is 273 g/mol. The van der Waals surface area contributed by atoms with Gasteiger partial charge in [-0.05, 0) is 30.2 Å². The van der Waals surface area contributed by atoms with Gasteiger partial charge in [-0.2, -0.15) is 0 Å². The molecule has 0 N–H and O–H groups in total. The van der Waals surface area contributed by atoms with Gasteiger partial charge in [0, 0.05) is 11.3 Å². The van der Waals surface area contributed by atoms with Crippen LogP contribution in [0.3, 0.4) is 0 Å². The van der Waals surface area contributed by atoms with Crippen LogP contribution >= 0.6 is 0 Å². The molecule has 0 aliphatic carbocycles. The van der Waals surface area contributed by atoms with E-state index in [0.717, 1.165) is 29.0 Å². The Bertz CT molecular complexity index is 631. The Labute approximate surface area is 116 Å². The van der Waals surface area contributed by atoms with Gasteiger partial charge in [-0.3, -0.25) is 4.99 Å². The van der Waals surface area contributed by atoms with Crippen molar-refractivity contribution in [1.29, 1.82) is 0 Å². The van der Waals surface area contributed by atoms with Gasteiger partial charge in [0.05, 0.1) is 19.2 Å². The molecule has 2 aliphatic rings. The Hall–Kier alpha value is -2.30. The molecule has 2 aliphatic heterocycles. The Balaban J connectivity index is 2.14. The molecular formula is C15H15NO4. The number of methoxy groups -OCH3 is 1. The second-order valence-electron chi connectivity index (χ2n) is 4.57.